The number of ether oxygens (including phenoxy) is 2. The van der Waals surface area contributed by atoms with Crippen LogP contribution >= 0.6 is 11.3 Å². The number of benzene rings is 1. The Morgan fingerprint density at radius 1 is 1.28 bits per heavy atom. The van der Waals surface area contributed by atoms with Crippen LogP contribution in [0.3, 0.4) is 0 Å². The Bertz CT molecular complexity index is 829. The van der Waals surface area contributed by atoms with Crippen molar-refractivity contribution >= 4 is 23.2 Å². The molecule has 1 saturated heterocycles. The molecule has 0 aliphatic carbocycles. The molecule has 1 aromatic heterocycles. The lowest BCUT2D eigenvalue weighted by Crippen LogP contribution is -2.41. The van der Waals surface area contributed by atoms with Crippen molar-refractivity contribution in [3.63, 3.8) is 0 Å². The summed E-state index contributed by atoms with van der Waals surface area (Å²) in [5, 5.41) is 7.19. The normalized spacial score (nSPS) is 15.6. The van der Waals surface area contributed by atoms with Gasteiger partial charge in [0.1, 0.15) is 17.6 Å². The van der Waals surface area contributed by atoms with Crippen molar-refractivity contribution in [1.29, 1.82) is 0 Å². The molecule has 0 radical (unpaired) electrons. The van der Waals surface area contributed by atoms with E-state index in [1.54, 1.807) is 43.6 Å². The average Bonchev–Trinajstić information content (AvgIpc) is 3.21. The van der Waals surface area contributed by atoms with Crippen molar-refractivity contribution in [3.8, 4) is 11.5 Å². The van der Waals surface area contributed by atoms with Crippen molar-refractivity contribution in [1.82, 2.24) is 10.2 Å². The topological polar surface area (TPSA) is 67.9 Å². The van der Waals surface area contributed by atoms with Crippen molar-refractivity contribution in [2.24, 2.45) is 0 Å². The Kier molecular flexibility index (Phi) is 7.14. The summed E-state index contributed by atoms with van der Waals surface area (Å²) >= 11 is 1.65. The zero-order valence-corrected chi connectivity index (χ0v) is 18.0. The highest BCUT2D eigenvalue weighted by atomic mass is 32.1. The highest BCUT2D eigenvalue weighted by molar-refractivity contribution is 7.07. The number of nitrogens with zero attached hydrogens (tertiary/aromatic N) is 1. The van der Waals surface area contributed by atoms with Gasteiger partial charge in [-0.3, -0.25) is 9.59 Å². The van der Waals surface area contributed by atoms with Crippen LogP contribution < -0.4 is 14.8 Å². The molecule has 156 valence electrons. The largest absolute Gasteiger partial charge is 0.497 e. The summed E-state index contributed by atoms with van der Waals surface area (Å²) in [4.78, 5) is 26.3. The number of hydrogen-bond donors (Lipinski definition) is 1. The number of carbonyl (C=O) groups excluding carboxylic acids is 2. The predicted octanol–water partition coefficient (Wildman–Crippen LogP) is 3.51. The smallest absolute Gasteiger partial charge is 0.255 e. The lowest BCUT2D eigenvalue weighted by Gasteiger charge is -2.32. The number of rotatable bonds is 7. The molecular formula is C22H28N2O4S. The van der Waals surface area contributed by atoms with Gasteiger partial charge in [0.25, 0.3) is 5.91 Å². The molecule has 0 bridgehead atoms. The minimum absolute atomic E-state index is 0.00467. The Morgan fingerprint density at radius 3 is 2.66 bits per heavy atom. The Hall–Kier alpha value is -2.54. The third-order valence-electron chi connectivity index (χ3n) is 5.11. The van der Waals surface area contributed by atoms with Crippen LogP contribution in [0.4, 0.5) is 0 Å². The molecule has 7 heteroatoms. The molecule has 2 aromatic rings. The molecule has 1 fully saturated rings. The second-order valence-corrected chi connectivity index (χ2v) is 8.18. The maximum absolute atomic E-state index is 13.0. The minimum atomic E-state index is -0.178. The van der Waals surface area contributed by atoms with E-state index in [1.165, 1.54) is 5.56 Å². The van der Waals surface area contributed by atoms with Gasteiger partial charge in [0.2, 0.25) is 5.91 Å². The summed E-state index contributed by atoms with van der Waals surface area (Å²) in [6.07, 6.45) is 2.26. The summed E-state index contributed by atoms with van der Waals surface area (Å²) in [5.74, 6) is 1.07. The highest BCUT2D eigenvalue weighted by Gasteiger charge is 2.24. The molecule has 0 spiro atoms. The second kappa shape index (κ2) is 9.78. The van der Waals surface area contributed by atoms with Gasteiger partial charge >= 0.3 is 0 Å². The second-order valence-electron chi connectivity index (χ2n) is 7.40. The number of methoxy groups -OCH3 is 1. The zero-order chi connectivity index (χ0) is 20.8. The first-order chi connectivity index (χ1) is 14.0. The fourth-order valence-electron chi connectivity index (χ4n) is 3.50. The van der Waals surface area contributed by atoms with Gasteiger partial charge in [0, 0.05) is 38.9 Å². The molecule has 6 nitrogen and oxygen atoms in total. The number of likely N-dealkylation sites (tertiary alicyclic amines) is 1. The molecule has 1 aromatic carbocycles. The first-order valence-electron chi connectivity index (χ1n) is 9.88. The van der Waals surface area contributed by atoms with Crippen LogP contribution in [0.1, 0.15) is 42.6 Å². The molecular weight excluding hydrogens is 388 g/mol. The molecule has 3 rings (SSSR count). The third kappa shape index (κ3) is 5.73. The van der Waals surface area contributed by atoms with Gasteiger partial charge in [0.15, 0.2) is 0 Å². The van der Waals surface area contributed by atoms with Crippen molar-refractivity contribution in [2.45, 2.75) is 45.3 Å². The van der Waals surface area contributed by atoms with E-state index in [4.69, 9.17) is 9.47 Å². The fourth-order valence-corrected chi connectivity index (χ4v) is 4.18. The Morgan fingerprint density at radius 2 is 2.03 bits per heavy atom. The lowest BCUT2D eigenvalue weighted by atomic mass is 10.1. The van der Waals surface area contributed by atoms with Crippen LogP contribution in [0.15, 0.2) is 35.0 Å². The van der Waals surface area contributed by atoms with Crippen LogP contribution in [0.2, 0.25) is 0 Å². The first kappa shape index (κ1) is 21.2. The van der Waals surface area contributed by atoms with Gasteiger partial charge in [-0.15, -0.1) is 0 Å². The van der Waals surface area contributed by atoms with Gasteiger partial charge in [-0.1, -0.05) is 0 Å². The van der Waals surface area contributed by atoms with Crippen LogP contribution in [0, 0.1) is 0 Å². The molecule has 0 unspecified atom stereocenters. The first-order valence-corrected chi connectivity index (χ1v) is 10.8. The summed E-state index contributed by atoms with van der Waals surface area (Å²) in [6.45, 7) is 4.93. The molecule has 0 saturated carbocycles. The minimum Gasteiger partial charge on any atom is -0.497 e. The van der Waals surface area contributed by atoms with Crippen LogP contribution in [0.5, 0.6) is 11.5 Å². The van der Waals surface area contributed by atoms with Crippen LogP contribution in [-0.2, 0) is 11.2 Å². The predicted molar refractivity (Wildman–Crippen MR) is 114 cm³/mol. The van der Waals surface area contributed by atoms with Gasteiger partial charge < -0.3 is 19.7 Å². The van der Waals surface area contributed by atoms with Crippen LogP contribution in [0.25, 0.3) is 0 Å². The van der Waals surface area contributed by atoms with Crippen molar-refractivity contribution < 1.29 is 19.1 Å². The summed E-state index contributed by atoms with van der Waals surface area (Å²) < 4.78 is 11.5. The number of carbonyl (C=O) groups is 2. The van der Waals surface area contributed by atoms with Gasteiger partial charge in [-0.2, -0.15) is 11.3 Å². The highest BCUT2D eigenvalue weighted by Crippen LogP contribution is 2.27. The van der Waals surface area contributed by atoms with E-state index in [-0.39, 0.29) is 24.0 Å². The molecule has 1 aliphatic heterocycles. The zero-order valence-electron chi connectivity index (χ0n) is 17.1. The Labute approximate surface area is 175 Å². The molecule has 2 amide bonds. The molecule has 1 aliphatic rings. The molecule has 1 N–H and O–H groups in total. The van der Waals surface area contributed by atoms with E-state index in [0.717, 1.165) is 19.3 Å². The number of amides is 2. The molecule has 29 heavy (non-hydrogen) atoms. The quantitative estimate of drug-likeness (QED) is 0.750. The maximum Gasteiger partial charge on any atom is 0.255 e. The standard InChI is InChI=1S/C22H28N2O4S/c1-15(12-17-8-11-29-14-17)23-22(26)20-13-19(27-3)4-5-21(20)28-18-6-9-24(10-7-18)16(2)25/h4-5,8,11,13-15,18H,6-7,9-10,12H2,1-3H3,(H,23,26)/t15-/m1/s1. The van der Waals surface area contributed by atoms with Gasteiger partial charge in [-0.05, 0) is 53.9 Å². The van der Waals surface area contributed by atoms with E-state index < -0.39 is 0 Å². The molecule has 1 atom stereocenters. The van der Waals surface area contributed by atoms with E-state index in [2.05, 4.69) is 16.8 Å². The van der Waals surface area contributed by atoms with E-state index >= 15 is 0 Å². The van der Waals surface area contributed by atoms with Crippen LogP contribution in [-0.4, -0.2) is 49.1 Å². The van der Waals surface area contributed by atoms with Crippen molar-refractivity contribution in [2.75, 3.05) is 20.2 Å². The fraction of sp³-hybridized carbons (Fsp3) is 0.455. The molecule has 2 heterocycles. The monoisotopic (exact) mass is 416 g/mol. The summed E-state index contributed by atoms with van der Waals surface area (Å²) in [6, 6.07) is 7.36. The Balaban J connectivity index is 1.68. The van der Waals surface area contributed by atoms with Gasteiger partial charge in [0.05, 0.1) is 12.7 Å². The number of piperidine rings is 1. The number of nitrogens with one attached hydrogen (secondary N) is 1. The summed E-state index contributed by atoms with van der Waals surface area (Å²) in [7, 11) is 1.58. The van der Waals surface area contributed by atoms with E-state index in [9.17, 15) is 9.59 Å². The van der Waals surface area contributed by atoms with E-state index in [0.29, 0.717) is 30.2 Å². The summed E-state index contributed by atoms with van der Waals surface area (Å²) in [5.41, 5.74) is 1.68. The number of hydrogen-bond acceptors (Lipinski definition) is 5. The maximum atomic E-state index is 13.0. The van der Waals surface area contributed by atoms with Gasteiger partial charge in [-0.25, -0.2) is 0 Å². The van der Waals surface area contributed by atoms with Crippen molar-refractivity contribution in [3.05, 3.63) is 46.2 Å². The van der Waals surface area contributed by atoms with E-state index in [1.807, 2.05) is 17.2 Å². The SMILES string of the molecule is COc1ccc(OC2CCN(C(C)=O)CC2)c(C(=O)N[C@H](C)Cc2ccsc2)c1. The number of thiophene rings is 1. The lowest BCUT2D eigenvalue weighted by molar-refractivity contribution is -0.130. The average molecular weight is 417 g/mol. The third-order valence-corrected chi connectivity index (χ3v) is 5.84.